The smallest absolute Gasteiger partial charge is 0.255 e. The lowest BCUT2D eigenvalue weighted by molar-refractivity contribution is 0.0788. The van der Waals surface area contributed by atoms with Crippen LogP contribution in [0.25, 0.3) is 0 Å². The number of aryl methyl sites for hydroxylation is 1. The van der Waals surface area contributed by atoms with Crippen molar-refractivity contribution >= 4 is 17.5 Å². The van der Waals surface area contributed by atoms with Gasteiger partial charge in [-0.3, -0.25) is 4.79 Å². The standard InChI is InChI=1S/C13H17ClN2O/c1-9-2-3-11(12(14)6-9)13(17)16-5-4-10(7-15)8-16/h2-3,6,10H,4-5,7-8,15H2,1H3. The maximum Gasteiger partial charge on any atom is 0.255 e. The van der Waals surface area contributed by atoms with Crippen LogP contribution in [0.1, 0.15) is 22.3 Å². The summed E-state index contributed by atoms with van der Waals surface area (Å²) in [5.74, 6) is 0.453. The Bertz CT molecular complexity index is 433. The Hall–Kier alpha value is -1.06. The van der Waals surface area contributed by atoms with Crippen molar-refractivity contribution in [1.82, 2.24) is 4.90 Å². The average Bonchev–Trinajstić information content (AvgIpc) is 2.76. The number of carbonyl (C=O) groups is 1. The average molecular weight is 253 g/mol. The number of nitrogens with two attached hydrogens (primary N) is 1. The second kappa shape index (κ2) is 5.07. The maximum atomic E-state index is 12.2. The molecule has 0 aromatic heterocycles. The van der Waals surface area contributed by atoms with Crippen LogP contribution in [-0.2, 0) is 0 Å². The van der Waals surface area contributed by atoms with Gasteiger partial charge in [-0.25, -0.2) is 0 Å². The van der Waals surface area contributed by atoms with Crippen molar-refractivity contribution < 1.29 is 4.79 Å². The highest BCUT2D eigenvalue weighted by Crippen LogP contribution is 2.23. The van der Waals surface area contributed by atoms with Crippen molar-refractivity contribution in [1.29, 1.82) is 0 Å². The van der Waals surface area contributed by atoms with Crippen molar-refractivity contribution in [2.75, 3.05) is 19.6 Å². The summed E-state index contributed by atoms with van der Waals surface area (Å²) in [6, 6.07) is 5.54. The fourth-order valence-corrected chi connectivity index (χ4v) is 2.49. The molecule has 17 heavy (non-hydrogen) atoms. The lowest BCUT2D eigenvalue weighted by atomic mass is 10.1. The Balaban J connectivity index is 2.15. The molecule has 0 saturated carbocycles. The Kier molecular flexibility index (Phi) is 3.69. The number of halogens is 1. The fraction of sp³-hybridized carbons (Fsp3) is 0.462. The van der Waals surface area contributed by atoms with Gasteiger partial charge >= 0.3 is 0 Å². The number of benzene rings is 1. The molecule has 1 amide bonds. The van der Waals surface area contributed by atoms with Gasteiger partial charge in [0.05, 0.1) is 10.6 Å². The summed E-state index contributed by atoms with van der Waals surface area (Å²) in [6.45, 7) is 4.14. The van der Waals surface area contributed by atoms with Crippen LogP contribution in [0.15, 0.2) is 18.2 Å². The zero-order chi connectivity index (χ0) is 12.4. The molecule has 1 heterocycles. The molecule has 1 saturated heterocycles. The highest BCUT2D eigenvalue weighted by molar-refractivity contribution is 6.33. The van der Waals surface area contributed by atoms with E-state index in [1.807, 2.05) is 24.0 Å². The van der Waals surface area contributed by atoms with Gasteiger partial charge in [0.25, 0.3) is 5.91 Å². The molecule has 92 valence electrons. The van der Waals surface area contributed by atoms with Crippen molar-refractivity contribution in [3.8, 4) is 0 Å². The first-order chi connectivity index (χ1) is 8.11. The van der Waals surface area contributed by atoms with E-state index in [0.29, 0.717) is 23.0 Å². The van der Waals surface area contributed by atoms with Gasteiger partial charge in [0.15, 0.2) is 0 Å². The molecule has 1 aliphatic rings. The van der Waals surface area contributed by atoms with E-state index in [2.05, 4.69) is 0 Å². The van der Waals surface area contributed by atoms with E-state index in [9.17, 15) is 4.79 Å². The van der Waals surface area contributed by atoms with Gasteiger partial charge in [0.2, 0.25) is 0 Å². The monoisotopic (exact) mass is 252 g/mol. The summed E-state index contributed by atoms with van der Waals surface area (Å²) >= 11 is 6.10. The zero-order valence-electron chi connectivity index (χ0n) is 9.95. The Morgan fingerprint density at radius 1 is 1.59 bits per heavy atom. The molecule has 2 N–H and O–H groups in total. The zero-order valence-corrected chi connectivity index (χ0v) is 10.7. The van der Waals surface area contributed by atoms with Gasteiger partial charge in [-0.2, -0.15) is 0 Å². The number of amides is 1. The van der Waals surface area contributed by atoms with E-state index < -0.39 is 0 Å². The van der Waals surface area contributed by atoms with Gasteiger partial charge in [0.1, 0.15) is 0 Å². The molecule has 0 aliphatic carbocycles. The molecule has 0 bridgehead atoms. The first kappa shape index (κ1) is 12.4. The molecule has 1 aliphatic heterocycles. The highest BCUT2D eigenvalue weighted by atomic mass is 35.5. The third-order valence-corrected chi connectivity index (χ3v) is 3.57. The van der Waals surface area contributed by atoms with E-state index in [-0.39, 0.29) is 5.91 Å². The summed E-state index contributed by atoms with van der Waals surface area (Å²) in [4.78, 5) is 14.1. The van der Waals surface area contributed by atoms with Gasteiger partial charge in [-0.15, -0.1) is 0 Å². The van der Waals surface area contributed by atoms with E-state index in [1.54, 1.807) is 6.07 Å². The lowest BCUT2D eigenvalue weighted by Gasteiger charge is -2.17. The van der Waals surface area contributed by atoms with Crippen LogP contribution in [0.5, 0.6) is 0 Å². The normalized spacial score (nSPS) is 19.7. The van der Waals surface area contributed by atoms with Crippen molar-refractivity contribution in [3.63, 3.8) is 0 Å². The van der Waals surface area contributed by atoms with Gasteiger partial charge in [0, 0.05) is 13.1 Å². The Morgan fingerprint density at radius 3 is 2.94 bits per heavy atom. The largest absolute Gasteiger partial charge is 0.338 e. The number of carbonyl (C=O) groups excluding carboxylic acids is 1. The second-order valence-electron chi connectivity index (χ2n) is 4.62. The van der Waals surface area contributed by atoms with Crippen molar-refractivity contribution in [2.45, 2.75) is 13.3 Å². The minimum absolute atomic E-state index is 0.0194. The Labute approximate surface area is 107 Å². The van der Waals surface area contributed by atoms with Crippen molar-refractivity contribution in [3.05, 3.63) is 34.3 Å². The van der Waals surface area contributed by atoms with Gasteiger partial charge < -0.3 is 10.6 Å². The molecular formula is C13H17ClN2O. The summed E-state index contributed by atoms with van der Waals surface area (Å²) in [7, 11) is 0. The first-order valence-corrected chi connectivity index (χ1v) is 6.25. The number of nitrogens with zero attached hydrogens (tertiary/aromatic N) is 1. The van der Waals surface area contributed by atoms with Crippen LogP contribution in [0.4, 0.5) is 0 Å². The Morgan fingerprint density at radius 2 is 2.35 bits per heavy atom. The van der Waals surface area contributed by atoms with Crippen LogP contribution in [-0.4, -0.2) is 30.4 Å². The quantitative estimate of drug-likeness (QED) is 0.876. The van der Waals surface area contributed by atoms with Crippen LogP contribution in [0.3, 0.4) is 0 Å². The molecule has 2 rings (SSSR count). The molecule has 1 fully saturated rings. The van der Waals surface area contributed by atoms with Crippen LogP contribution < -0.4 is 5.73 Å². The summed E-state index contributed by atoms with van der Waals surface area (Å²) in [6.07, 6.45) is 0.992. The summed E-state index contributed by atoms with van der Waals surface area (Å²) < 4.78 is 0. The van der Waals surface area contributed by atoms with Gasteiger partial charge in [-0.05, 0) is 43.5 Å². The van der Waals surface area contributed by atoms with Crippen LogP contribution in [0.2, 0.25) is 5.02 Å². The molecule has 0 radical (unpaired) electrons. The highest BCUT2D eigenvalue weighted by Gasteiger charge is 2.26. The molecular weight excluding hydrogens is 236 g/mol. The number of hydrogen-bond acceptors (Lipinski definition) is 2. The third kappa shape index (κ3) is 2.61. The number of rotatable bonds is 2. The molecule has 0 spiro atoms. The first-order valence-electron chi connectivity index (χ1n) is 5.87. The van der Waals surface area contributed by atoms with E-state index in [4.69, 9.17) is 17.3 Å². The number of likely N-dealkylation sites (tertiary alicyclic amines) is 1. The van der Waals surface area contributed by atoms with Crippen LogP contribution >= 0.6 is 11.6 Å². The molecule has 4 heteroatoms. The maximum absolute atomic E-state index is 12.2. The van der Waals surface area contributed by atoms with E-state index in [1.165, 1.54) is 0 Å². The predicted molar refractivity (Wildman–Crippen MR) is 69.3 cm³/mol. The molecule has 1 atom stereocenters. The lowest BCUT2D eigenvalue weighted by Crippen LogP contribution is -2.30. The number of hydrogen-bond donors (Lipinski definition) is 1. The SMILES string of the molecule is Cc1ccc(C(=O)N2CCC(CN)C2)c(Cl)c1. The minimum atomic E-state index is 0.0194. The molecule has 1 aromatic rings. The summed E-state index contributed by atoms with van der Waals surface area (Å²) in [5, 5.41) is 0.534. The third-order valence-electron chi connectivity index (χ3n) is 3.26. The predicted octanol–water partition coefficient (Wildman–Crippen LogP) is 2.07. The van der Waals surface area contributed by atoms with Crippen molar-refractivity contribution in [2.24, 2.45) is 11.7 Å². The topological polar surface area (TPSA) is 46.3 Å². The fourth-order valence-electron chi connectivity index (χ4n) is 2.17. The molecule has 3 nitrogen and oxygen atoms in total. The van der Waals surface area contributed by atoms with E-state index in [0.717, 1.165) is 25.1 Å². The summed E-state index contributed by atoms with van der Waals surface area (Å²) in [5.41, 5.74) is 7.28. The van der Waals surface area contributed by atoms with Gasteiger partial charge in [-0.1, -0.05) is 17.7 Å². The molecule has 1 unspecified atom stereocenters. The second-order valence-corrected chi connectivity index (χ2v) is 5.03. The van der Waals surface area contributed by atoms with Crippen LogP contribution in [0, 0.1) is 12.8 Å². The minimum Gasteiger partial charge on any atom is -0.338 e. The van der Waals surface area contributed by atoms with E-state index >= 15 is 0 Å². The molecule has 1 aromatic carbocycles.